The maximum absolute atomic E-state index is 13.1. The Kier molecular flexibility index (Phi) is 2.70. The van der Waals surface area contributed by atoms with E-state index in [-0.39, 0.29) is 17.4 Å². The van der Waals surface area contributed by atoms with Crippen molar-refractivity contribution >= 4 is 11.4 Å². The summed E-state index contributed by atoms with van der Waals surface area (Å²) in [6, 6.07) is 2.36. The van der Waals surface area contributed by atoms with E-state index in [1.807, 2.05) is 13.8 Å². The fourth-order valence-electron chi connectivity index (χ4n) is 1.00. The molecule has 2 nitrogen and oxygen atoms in total. The summed E-state index contributed by atoms with van der Waals surface area (Å²) < 4.78 is 25.8. The van der Waals surface area contributed by atoms with Crippen molar-refractivity contribution < 1.29 is 8.78 Å². The lowest BCUT2D eigenvalue weighted by atomic mass is 10.2. The Bertz CT molecular complexity index is 311. The number of hydrogen-bond acceptors (Lipinski definition) is 2. The van der Waals surface area contributed by atoms with Crippen LogP contribution in [0.4, 0.5) is 20.2 Å². The van der Waals surface area contributed by atoms with Crippen LogP contribution >= 0.6 is 0 Å². The maximum atomic E-state index is 13.1. The van der Waals surface area contributed by atoms with Gasteiger partial charge in [0.2, 0.25) is 0 Å². The van der Waals surface area contributed by atoms with E-state index in [0.717, 1.165) is 6.07 Å². The topological polar surface area (TPSA) is 38.0 Å². The van der Waals surface area contributed by atoms with Crippen molar-refractivity contribution in [3.05, 3.63) is 23.8 Å². The lowest BCUT2D eigenvalue weighted by Crippen LogP contribution is -2.13. The molecular weight excluding hydrogens is 174 g/mol. The molecule has 4 heteroatoms. The molecule has 0 aliphatic heterocycles. The van der Waals surface area contributed by atoms with Crippen molar-refractivity contribution in [3.63, 3.8) is 0 Å². The minimum absolute atomic E-state index is 0.0126. The molecule has 0 radical (unpaired) electrons. The van der Waals surface area contributed by atoms with Crippen LogP contribution in [0, 0.1) is 11.6 Å². The van der Waals surface area contributed by atoms with Gasteiger partial charge in [0.05, 0.1) is 11.4 Å². The van der Waals surface area contributed by atoms with Crippen molar-refractivity contribution in [2.45, 2.75) is 19.9 Å². The quantitative estimate of drug-likeness (QED) is 0.696. The van der Waals surface area contributed by atoms with Crippen molar-refractivity contribution in [2.24, 2.45) is 0 Å². The fraction of sp³-hybridized carbons (Fsp3) is 0.333. The molecule has 0 spiro atoms. The van der Waals surface area contributed by atoms with Crippen LogP contribution in [0.1, 0.15) is 13.8 Å². The van der Waals surface area contributed by atoms with E-state index in [1.165, 1.54) is 6.07 Å². The molecule has 72 valence electrons. The zero-order valence-corrected chi connectivity index (χ0v) is 7.57. The molecule has 0 unspecified atom stereocenters. The van der Waals surface area contributed by atoms with E-state index < -0.39 is 11.6 Å². The smallest absolute Gasteiger partial charge is 0.183 e. The van der Waals surface area contributed by atoms with Crippen LogP contribution in [0.15, 0.2) is 12.1 Å². The summed E-state index contributed by atoms with van der Waals surface area (Å²) in [6.45, 7) is 3.65. The van der Waals surface area contributed by atoms with Gasteiger partial charge in [-0.2, -0.15) is 0 Å². The monoisotopic (exact) mass is 186 g/mol. The van der Waals surface area contributed by atoms with Crippen molar-refractivity contribution in [1.82, 2.24) is 0 Å². The Hall–Kier alpha value is -1.32. The minimum Gasteiger partial charge on any atom is -0.397 e. The highest BCUT2D eigenvalue weighted by molar-refractivity contribution is 5.67. The highest BCUT2D eigenvalue weighted by Crippen LogP contribution is 2.24. The summed E-state index contributed by atoms with van der Waals surface area (Å²) in [5.74, 6) is -1.81. The molecule has 0 saturated heterocycles. The summed E-state index contributed by atoms with van der Waals surface area (Å²) >= 11 is 0. The molecule has 1 aromatic rings. The number of halogens is 2. The van der Waals surface area contributed by atoms with E-state index in [9.17, 15) is 8.78 Å². The number of anilines is 2. The standard InChI is InChI=1S/C9H12F2N2/c1-5(2)13-9-7(12)4-3-6(10)8(9)11/h3-5,13H,12H2,1-2H3. The van der Waals surface area contributed by atoms with Gasteiger partial charge in [0.15, 0.2) is 11.6 Å². The van der Waals surface area contributed by atoms with Gasteiger partial charge in [-0.3, -0.25) is 0 Å². The molecule has 0 amide bonds. The second kappa shape index (κ2) is 3.60. The zero-order chi connectivity index (χ0) is 10.0. The lowest BCUT2D eigenvalue weighted by Gasteiger charge is -2.13. The summed E-state index contributed by atoms with van der Waals surface area (Å²) in [5, 5.41) is 2.74. The number of rotatable bonds is 2. The summed E-state index contributed by atoms with van der Waals surface area (Å²) in [6.07, 6.45) is 0. The molecule has 0 aromatic heterocycles. The van der Waals surface area contributed by atoms with Gasteiger partial charge < -0.3 is 11.1 Å². The molecular formula is C9H12F2N2. The van der Waals surface area contributed by atoms with Gasteiger partial charge in [-0.25, -0.2) is 8.78 Å². The summed E-state index contributed by atoms with van der Waals surface area (Å²) in [4.78, 5) is 0. The fourth-order valence-corrected chi connectivity index (χ4v) is 1.00. The largest absolute Gasteiger partial charge is 0.397 e. The molecule has 0 aliphatic rings. The first-order valence-corrected chi connectivity index (χ1v) is 4.02. The number of nitrogen functional groups attached to an aromatic ring is 1. The minimum atomic E-state index is -0.922. The number of nitrogens with one attached hydrogen (secondary N) is 1. The van der Waals surface area contributed by atoms with Crippen LogP contribution in [0.3, 0.4) is 0 Å². The molecule has 0 aliphatic carbocycles. The first-order chi connectivity index (χ1) is 6.02. The van der Waals surface area contributed by atoms with Crippen LogP contribution in [0.25, 0.3) is 0 Å². The molecule has 13 heavy (non-hydrogen) atoms. The first kappa shape index (κ1) is 9.77. The predicted octanol–water partition coefficient (Wildman–Crippen LogP) is 2.37. The average Bonchev–Trinajstić information content (AvgIpc) is 2.05. The highest BCUT2D eigenvalue weighted by atomic mass is 19.2. The van der Waals surface area contributed by atoms with Crippen molar-refractivity contribution in [3.8, 4) is 0 Å². The predicted molar refractivity (Wildman–Crippen MR) is 49.5 cm³/mol. The third-order valence-electron chi connectivity index (χ3n) is 1.56. The molecule has 0 atom stereocenters. The van der Waals surface area contributed by atoms with Crippen LogP contribution < -0.4 is 11.1 Å². The highest BCUT2D eigenvalue weighted by Gasteiger charge is 2.11. The molecule has 3 N–H and O–H groups in total. The lowest BCUT2D eigenvalue weighted by molar-refractivity contribution is 0.510. The number of nitrogens with two attached hydrogens (primary N) is 1. The van der Waals surface area contributed by atoms with Gasteiger partial charge in [-0.15, -0.1) is 0 Å². The van der Waals surface area contributed by atoms with Crippen molar-refractivity contribution in [2.75, 3.05) is 11.1 Å². The Morgan fingerprint density at radius 1 is 1.31 bits per heavy atom. The van der Waals surface area contributed by atoms with Crippen LogP contribution in [-0.4, -0.2) is 6.04 Å². The van der Waals surface area contributed by atoms with E-state index in [2.05, 4.69) is 5.32 Å². The van der Waals surface area contributed by atoms with Gasteiger partial charge in [0.1, 0.15) is 0 Å². The SMILES string of the molecule is CC(C)Nc1c(N)ccc(F)c1F. The average molecular weight is 186 g/mol. The molecule has 0 saturated carbocycles. The van der Waals surface area contributed by atoms with Crippen LogP contribution in [0.2, 0.25) is 0 Å². The van der Waals surface area contributed by atoms with E-state index in [0.29, 0.717) is 0 Å². The Morgan fingerprint density at radius 2 is 1.92 bits per heavy atom. The van der Waals surface area contributed by atoms with Gasteiger partial charge in [0, 0.05) is 6.04 Å². The van der Waals surface area contributed by atoms with E-state index >= 15 is 0 Å². The molecule has 0 heterocycles. The second-order valence-corrected chi connectivity index (χ2v) is 3.12. The van der Waals surface area contributed by atoms with Crippen LogP contribution in [-0.2, 0) is 0 Å². The molecule has 0 fully saturated rings. The molecule has 1 rings (SSSR count). The van der Waals surface area contributed by atoms with Crippen molar-refractivity contribution in [1.29, 1.82) is 0 Å². The first-order valence-electron chi connectivity index (χ1n) is 4.02. The third kappa shape index (κ3) is 2.08. The number of benzene rings is 1. The van der Waals surface area contributed by atoms with Gasteiger partial charge >= 0.3 is 0 Å². The molecule has 1 aromatic carbocycles. The van der Waals surface area contributed by atoms with Gasteiger partial charge in [-0.1, -0.05) is 0 Å². The summed E-state index contributed by atoms with van der Waals surface area (Å²) in [5.41, 5.74) is 5.72. The second-order valence-electron chi connectivity index (χ2n) is 3.12. The Labute approximate surface area is 75.7 Å². The van der Waals surface area contributed by atoms with E-state index in [1.54, 1.807) is 0 Å². The molecule has 0 bridgehead atoms. The number of hydrogen-bond donors (Lipinski definition) is 2. The Balaban J connectivity index is 3.10. The zero-order valence-electron chi connectivity index (χ0n) is 7.57. The van der Waals surface area contributed by atoms with Crippen LogP contribution in [0.5, 0.6) is 0 Å². The summed E-state index contributed by atoms with van der Waals surface area (Å²) in [7, 11) is 0. The van der Waals surface area contributed by atoms with E-state index in [4.69, 9.17) is 5.73 Å². The normalized spacial score (nSPS) is 10.5. The van der Waals surface area contributed by atoms with Gasteiger partial charge in [0.25, 0.3) is 0 Å². The maximum Gasteiger partial charge on any atom is 0.183 e. The van der Waals surface area contributed by atoms with Gasteiger partial charge in [-0.05, 0) is 26.0 Å². The third-order valence-corrected chi connectivity index (χ3v) is 1.56. The Morgan fingerprint density at radius 3 is 2.46 bits per heavy atom.